The fraction of sp³-hybridized carbons (Fsp3) is 0.0588. The van der Waals surface area contributed by atoms with Crippen molar-refractivity contribution in [1.29, 1.82) is 0 Å². The van der Waals surface area contributed by atoms with Gasteiger partial charge in [0.2, 0.25) is 0 Å². The fourth-order valence-corrected chi connectivity index (χ4v) is 2.19. The quantitative estimate of drug-likeness (QED) is 0.590. The third-order valence-electron chi connectivity index (χ3n) is 3.43. The van der Waals surface area contributed by atoms with Crippen LogP contribution < -0.4 is 10.1 Å². The Labute approximate surface area is 137 Å². The number of phenols is 2. The average molecular weight is 325 g/mol. The zero-order valence-corrected chi connectivity index (χ0v) is 12.8. The molecular weight excluding hydrogens is 310 g/mol. The van der Waals surface area contributed by atoms with Gasteiger partial charge in [-0.05, 0) is 42.5 Å². The molecule has 2 aromatic carbocycles. The van der Waals surface area contributed by atoms with E-state index in [9.17, 15) is 15.0 Å². The van der Waals surface area contributed by atoms with Crippen molar-refractivity contribution < 1.29 is 19.7 Å². The number of rotatable bonds is 4. The summed E-state index contributed by atoms with van der Waals surface area (Å²) in [5.74, 6) is 0.157. The van der Waals surface area contributed by atoms with Crippen molar-refractivity contribution in [3.8, 4) is 28.5 Å². The van der Waals surface area contributed by atoms with Crippen molar-refractivity contribution in [1.82, 2.24) is 10.2 Å². The molecule has 0 radical (unpaired) electrons. The van der Waals surface area contributed by atoms with Crippen molar-refractivity contribution in [2.75, 3.05) is 12.4 Å². The molecule has 3 aromatic rings. The third-order valence-corrected chi connectivity index (χ3v) is 3.43. The van der Waals surface area contributed by atoms with E-state index in [1.165, 1.54) is 24.3 Å². The van der Waals surface area contributed by atoms with Crippen LogP contribution in [0.1, 0.15) is 10.5 Å². The molecular formula is C17H15N3O4. The van der Waals surface area contributed by atoms with E-state index in [1.807, 2.05) is 0 Å². The first-order valence-corrected chi connectivity index (χ1v) is 7.10. The van der Waals surface area contributed by atoms with Gasteiger partial charge in [-0.1, -0.05) is 0 Å². The summed E-state index contributed by atoms with van der Waals surface area (Å²) < 4.78 is 5.06. The highest BCUT2D eigenvalue weighted by Gasteiger charge is 2.14. The van der Waals surface area contributed by atoms with Crippen LogP contribution >= 0.6 is 0 Å². The molecule has 0 aliphatic rings. The average Bonchev–Trinajstić information content (AvgIpc) is 3.05. The number of nitrogens with zero attached hydrogens (tertiary/aromatic N) is 1. The summed E-state index contributed by atoms with van der Waals surface area (Å²) >= 11 is 0. The number of hydrogen-bond donors (Lipinski definition) is 4. The lowest BCUT2D eigenvalue weighted by atomic mass is 10.1. The van der Waals surface area contributed by atoms with Crippen LogP contribution in [0.3, 0.4) is 0 Å². The standard InChI is InChI=1S/C17H15N3O4/c1-24-12-5-2-10(3-6-12)18-17(23)15-9-14(19-20-15)13-7-4-11(21)8-16(13)22/h2-9,21-22H,1H3,(H,18,23)(H,19,20). The number of aromatic amines is 1. The number of phenolic OH excluding ortho intramolecular Hbond substituents is 2. The van der Waals surface area contributed by atoms with Crippen LogP contribution in [-0.2, 0) is 0 Å². The predicted octanol–water partition coefficient (Wildman–Crippen LogP) is 2.75. The Balaban J connectivity index is 1.78. The van der Waals surface area contributed by atoms with Gasteiger partial charge < -0.3 is 20.3 Å². The number of carbonyl (C=O) groups is 1. The van der Waals surface area contributed by atoms with Crippen molar-refractivity contribution in [3.05, 3.63) is 54.2 Å². The van der Waals surface area contributed by atoms with E-state index in [1.54, 1.807) is 31.4 Å². The van der Waals surface area contributed by atoms with E-state index in [4.69, 9.17) is 4.74 Å². The van der Waals surface area contributed by atoms with Gasteiger partial charge in [-0.3, -0.25) is 9.89 Å². The Morgan fingerprint density at radius 1 is 1.12 bits per heavy atom. The normalized spacial score (nSPS) is 10.4. The maximum absolute atomic E-state index is 12.2. The number of carbonyl (C=O) groups excluding carboxylic acids is 1. The Hall–Kier alpha value is -3.48. The van der Waals surface area contributed by atoms with Crippen LogP contribution in [0.2, 0.25) is 0 Å². The molecule has 0 atom stereocenters. The summed E-state index contributed by atoms with van der Waals surface area (Å²) in [6.45, 7) is 0. The zero-order valence-electron chi connectivity index (χ0n) is 12.8. The van der Waals surface area contributed by atoms with Gasteiger partial charge in [-0.15, -0.1) is 0 Å². The molecule has 24 heavy (non-hydrogen) atoms. The molecule has 0 spiro atoms. The second-order valence-corrected chi connectivity index (χ2v) is 5.05. The van der Waals surface area contributed by atoms with Gasteiger partial charge in [0.15, 0.2) is 0 Å². The number of anilines is 1. The first kappa shape index (κ1) is 15.4. The summed E-state index contributed by atoms with van der Waals surface area (Å²) in [5, 5.41) is 28.5. The smallest absolute Gasteiger partial charge is 0.273 e. The first-order valence-electron chi connectivity index (χ1n) is 7.10. The van der Waals surface area contributed by atoms with Gasteiger partial charge in [0, 0.05) is 17.3 Å². The molecule has 0 unspecified atom stereocenters. The Bertz CT molecular complexity index is 872. The highest BCUT2D eigenvalue weighted by atomic mass is 16.5. The van der Waals surface area contributed by atoms with Gasteiger partial charge >= 0.3 is 0 Å². The molecule has 0 bridgehead atoms. The molecule has 0 aliphatic carbocycles. The fourth-order valence-electron chi connectivity index (χ4n) is 2.19. The van der Waals surface area contributed by atoms with Gasteiger partial charge in [-0.25, -0.2) is 0 Å². The SMILES string of the molecule is COc1ccc(NC(=O)c2cc(-c3ccc(O)cc3O)n[nH]2)cc1. The Morgan fingerprint density at radius 3 is 2.54 bits per heavy atom. The minimum Gasteiger partial charge on any atom is -0.508 e. The third kappa shape index (κ3) is 3.14. The maximum atomic E-state index is 12.2. The molecule has 1 amide bonds. The largest absolute Gasteiger partial charge is 0.508 e. The van der Waals surface area contributed by atoms with E-state index >= 15 is 0 Å². The number of methoxy groups -OCH3 is 1. The minimum atomic E-state index is -0.364. The lowest BCUT2D eigenvalue weighted by molar-refractivity contribution is 0.102. The molecule has 122 valence electrons. The predicted molar refractivity (Wildman–Crippen MR) is 88.3 cm³/mol. The molecule has 0 fully saturated rings. The summed E-state index contributed by atoms with van der Waals surface area (Å²) in [6, 6.07) is 12.6. The summed E-state index contributed by atoms with van der Waals surface area (Å²) in [6.07, 6.45) is 0. The van der Waals surface area contributed by atoms with Crippen molar-refractivity contribution >= 4 is 11.6 Å². The lowest BCUT2D eigenvalue weighted by Crippen LogP contribution is -2.12. The zero-order chi connectivity index (χ0) is 17.1. The number of hydrogen-bond acceptors (Lipinski definition) is 5. The van der Waals surface area contributed by atoms with Gasteiger partial charge in [0.1, 0.15) is 22.9 Å². The van der Waals surface area contributed by atoms with E-state index < -0.39 is 0 Å². The number of H-pyrrole nitrogens is 1. The van der Waals surface area contributed by atoms with Crippen LogP contribution in [0.15, 0.2) is 48.5 Å². The molecule has 7 heteroatoms. The molecule has 0 saturated heterocycles. The van der Waals surface area contributed by atoms with E-state index in [-0.39, 0.29) is 23.1 Å². The van der Waals surface area contributed by atoms with Crippen LogP contribution in [0.4, 0.5) is 5.69 Å². The van der Waals surface area contributed by atoms with Crippen LogP contribution in [0.25, 0.3) is 11.3 Å². The topological polar surface area (TPSA) is 107 Å². The highest BCUT2D eigenvalue weighted by Crippen LogP contribution is 2.31. The summed E-state index contributed by atoms with van der Waals surface area (Å²) in [4.78, 5) is 12.2. The number of nitrogens with one attached hydrogen (secondary N) is 2. The molecule has 0 aliphatic heterocycles. The van der Waals surface area contributed by atoms with Crippen LogP contribution in [0.5, 0.6) is 17.2 Å². The second-order valence-electron chi connectivity index (χ2n) is 5.05. The lowest BCUT2D eigenvalue weighted by Gasteiger charge is -2.04. The summed E-state index contributed by atoms with van der Waals surface area (Å²) in [7, 11) is 1.57. The highest BCUT2D eigenvalue weighted by molar-refractivity contribution is 6.03. The molecule has 7 nitrogen and oxygen atoms in total. The van der Waals surface area contributed by atoms with Crippen molar-refractivity contribution in [2.24, 2.45) is 0 Å². The number of amides is 1. The Morgan fingerprint density at radius 2 is 1.88 bits per heavy atom. The Kier molecular flexibility index (Phi) is 4.07. The summed E-state index contributed by atoms with van der Waals surface area (Å²) in [5.41, 5.74) is 1.66. The number of benzene rings is 2. The first-order chi connectivity index (χ1) is 11.6. The molecule has 0 saturated carbocycles. The van der Waals surface area contributed by atoms with Gasteiger partial charge in [0.05, 0.1) is 12.8 Å². The maximum Gasteiger partial charge on any atom is 0.273 e. The number of aromatic hydroxyl groups is 2. The molecule has 1 aromatic heterocycles. The van der Waals surface area contributed by atoms with E-state index in [0.29, 0.717) is 22.7 Å². The van der Waals surface area contributed by atoms with E-state index in [2.05, 4.69) is 15.5 Å². The molecule has 4 N–H and O–H groups in total. The number of aromatic nitrogens is 2. The monoisotopic (exact) mass is 325 g/mol. The van der Waals surface area contributed by atoms with Crippen LogP contribution in [-0.4, -0.2) is 33.4 Å². The molecule has 1 heterocycles. The van der Waals surface area contributed by atoms with Crippen LogP contribution in [0, 0.1) is 0 Å². The van der Waals surface area contributed by atoms with Gasteiger partial charge in [0.25, 0.3) is 5.91 Å². The molecule has 3 rings (SSSR count). The van der Waals surface area contributed by atoms with Crippen molar-refractivity contribution in [2.45, 2.75) is 0 Å². The van der Waals surface area contributed by atoms with Crippen molar-refractivity contribution in [3.63, 3.8) is 0 Å². The van der Waals surface area contributed by atoms with Gasteiger partial charge in [-0.2, -0.15) is 5.10 Å². The second kappa shape index (κ2) is 6.33. The number of ether oxygens (including phenoxy) is 1. The van der Waals surface area contributed by atoms with E-state index in [0.717, 1.165) is 0 Å². The minimum absolute atomic E-state index is 0.0516.